The summed E-state index contributed by atoms with van der Waals surface area (Å²) in [4.78, 5) is 3.82. The Morgan fingerprint density at radius 3 is 1.89 bits per heavy atom. The van der Waals surface area contributed by atoms with Crippen molar-refractivity contribution in [2.24, 2.45) is 0 Å². The molecule has 188 valence electrons. The third-order valence-electron chi connectivity index (χ3n) is 6.67. The van der Waals surface area contributed by atoms with Crippen molar-refractivity contribution >= 4 is 46.7 Å². The van der Waals surface area contributed by atoms with E-state index >= 15 is 0 Å². The second-order valence-corrected chi connectivity index (χ2v) is 14.5. The van der Waals surface area contributed by atoms with E-state index in [0.29, 0.717) is 5.25 Å². The predicted octanol–water partition coefficient (Wildman–Crippen LogP) is 9.24. The molecule has 0 saturated heterocycles. The summed E-state index contributed by atoms with van der Waals surface area (Å²) in [6.07, 6.45) is 9.16. The molecule has 1 aliphatic rings. The highest BCUT2D eigenvalue weighted by atomic mass is 32.2. The van der Waals surface area contributed by atoms with Gasteiger partial charge in [-0.15, -0.1) is 23.5 Å². The van der Waals surface area contributed by atoms with E-state index in [1.54, 1.807) is 11.8 Å². The molecule has 0 bridgehead atoms. The summed E-state index contributed by atoms with van der Waals surface area (Å²) in [5.74, 6) is 0. The fraction of sp³-hybridized carbons (Fsp3) is 0.290. The van der Waals surface area contributed by atoms with Crippen LogP contribution in [0.25, 0.3) is 0 Å². The first-order valence-electron chi connectivity index (χ1n) is 12.4. The Morgan fingerprint density at radius 2 is 1.33 bits per heavy atom. The van der Waals surface area contributed by atoms with Gasteiger partial charge in [0.1, 0.15) is 0 Å². The Kier molecular flexibility index (Phi) is 8.54. The molecule has 3 aromatic rings. The van der Waals surface area contributed by atoms with Crippen LogP contribution in [0.4, 0.5) is 11.4 Å². The fourth-order valence-electron chi connectivity index (χ4n) is 4.22. The number of rotatable bonds is 9. The van der Waals surface area contributed by atoms with Crippen molar-refractivity contribution in [1.82, 2.24) is 0 Å². The van der Waals surface area contributed by atoms with E-state index in [1.807, 2.05) is 36.0 Å². The third kappa shape index (κ3) is 6.76. The van der Waals surface area contributed by atoms with E-state index < -0.39 is 0 Å². The van der Waals surface area contributed by atoms with Crippen molar-refractivity contribution in [3.63, 3.8) is 0 Å². The molecule has 2 unspecified atom stereocenters. The highest BCUT2D eigenvalue weighted by Gasteiger charge is 2.29. The zero-order valence-corrected chi connectivity index (χ0v) is 24.0. The Balaban J connectivity index is 1.38. The van der Waals surface area contributed by atoms with Crippen LogP contribution in [0, 0.1) is 0 Å². The van der Waals surface area contributed by atoms with Gasteiger partial charge in [-0.2, -0.15) is 0 Å². The fourth-order valence-corrected chi connectivity index (χ4v) is 7.66. The Hall–Kier alpha value is -2.21. The molecular formula is C31H36N2S3. The van der Waals surface area contributed by atoms with Crippen molar-refractivity contribution in [1.29, 1.82) is 0 Å². The Labute approximate surface area is 229 Å². The van der Waals surface area contributed by atoms with Crippen LogP contribution in [0.2, 0.25) is 0 Å². The summed E-state index contributed by atoms with van der Waals surface area (Å²) in [5, 5.41) is 0.476. The Bertz CT molecular complexity index is 1210. The van der Waals surface area contributed by atoms with Crippen LogP contribution in [0.1, 0.15) is 51.7 Å². The molecule has 4 N–H and O–H groups in total. The van der Waals surface area contributed by atoms with Crippen LogP contribution in [0.3, 0.4) is 0 Å². The molecule has 0 aromatic heterocycles. The summed E-state index contributed by atoms with van der Waals surface area (Å²) in [6.45, 7) is 9.22. The van der Waals surface area contributed by atoms with Crippen LogP contribution in [-0.4, -0.2) is 5.25 Å². The van der Waals surface area contributed by atoms with Crippen LogP contribution in [0.5, 0.6) is 0 Å². The van der Waals surface area contributed by atoms with Gasteiger partial charge in [-0.1, -0.05) is 61.2 Å². The lowest BCUT2D eigenvalue weighted by Crippen LogP contribution is -2.20. The monoisotopic (exact) mass is 532 g/mol. The van der Waals surface area contributed by atoms with Gasteiger partial charge in [0.25, 0.3) is 0 Å². The van der Waals surface area contributed by atoms with Gasteiger partial charge in [-0.05, 0) is 93.3 Å². The average molecular weight is 533 g/mol. The first-order chi connectivity index (χ1) is 17.2. The largest absolute Gasteiger partial charge is 0.399 e. The number of nitrogens with two attached hydrogens (primary N) is 2. The van der Waals surface area contributed by atoms with Crippen LogP contribution >= 0.6 is 35.3 Å². The van der Waals surface area contributed by atoms with Gasteiger partial charge < -0.3 is 11.5 Å². The summed E-state index contributed by atoms with van der Waals surface area (Å²) in [6, 6.07) is 25.5. The SMILES string of the molecule is CCC(C)(SC1C=CC(Sc2ccc(N)cc2)=CC1)c1ccc(SC(C)(C)c2ccc(N)cc2)cc1. The molecular weight excluding hydrogens is 497 g/mol. The van der Waals surface area contributed by atoms with Crippen molar-refractivity contribution in [3.05, 3.63) is 107 Å². The third-order valence-corrected chi connectivity index (χ3v) is 10.7. The lowest BCUT2D eigenvalue weighted by atomic mass is 9.98. The molecule has 2 nitrogen and oxygen atoms in total. The minimum Gasteiger partial charge on any atom is -0.399 e. The van der Waals surface area contributed by atoms with Gasteiger partial charge in [-0.25, -0.2) is 0 Å². The Morgan fingerprint density at radius 1 is 0.778 bits per heavy atom. The maximum absolute atomic E-state index is 5.88. The van der Waals surface area contributed by atoms with Crippen molar-refractivity contribution in [2.75, 3.05) is 11.5 Å². The lowest BCUT2D eigenvalue weighted by Gasteiger charge is -2.32. The van der Waals surface area contributed by atoms with E-state index in [-0.39, 0.29) is 9.49 Å². The second-order valence-electron chi connectivity index (χ2n) is 9.87. The molecule has 0 saturated carbocycles. The van der Waals surface area contributed by atoms with Crippen LogP contribution in [-0.2, 0) is 9.49 Å². The molecule has 0 spiro atoms. The van der Waals surface area contributed by atoms with E-state index in [0.717, 1.165) is 24.2 Å². The minimum atomic E-state index is -0.0284. The first-order valence-corrected chi connectivity index (χ1v) is 14.9. The lowest BCUT2D eigenvalue weighted by molar-refractivity contribution is 0.660. The maximum Gasteiger partial charge on any atom is 0.0399 e. The van der Waals surface area contributed by atoms with Crippen molar-refractivity contribution in [2.45, 2.75) is 65.1 Å². The van der Waals surface area contributed by atoms with Gasteiger partial charge in [0.15, 0.2) is 0 Å². The molecule has 5 heteroatoms. The molecule has 0 heterocycles. The average Bonchev–Trinajstić information content (AvgIpc) is 2.87. The van der Waals surface area contributed by atoms with Crippen LogP contribution in [0.15, 0.2) is 106 Å². The highest BCUT2D eigenvalue weighted by molar-refractivity contribution is 8.03. The summed E-state index contributed by atoms with van der Waals surface area (Å²) >= 11 is 5.77. The van der Waals surface area contributed by atoms with E-state index in [1.165, 1.54) is 25.8 Å². The van der Waals surface area contributed by atoms with Crippen LogP contribution < -0.4 is 11.5 Å². The first kappa shape index (κ1) is 26.8. The quantitative estimate of drug-likeness (QED) is 0.212. The summed E-state index contributed by atoms with van der Waals surface area (Å²) < 4.78 is 0.0411. The molecule has 36 heavy (non-hydrogen) atoms. The smallest absolute Gasteiger partial charge is 0.0399 e. The molecule has 4 rings (SSSR count). The predicted molar refractivity (Wildman–Crippen MR) is 164 cm³/mol. The van der Waals surface area contributed by atoms with Gasteiger partial charge in [-0.3, -0.25) is 0 Å². The normalized spacial score (nSPS) is 17.4. The van der Waals surface area contributed by atoms with Gasteiger partial charge in [0.2, 0.25) is 0 Å². The van der Waals surface area contributed by atoms with Gasteiger partial charge in [0, 0.05) is 40.8 Å². The number of allylic oxidation sites excluding steroid dienone is 2. The number of benzene rings is 3. The highest BCUT2D eigenvalue weighted by Crippen LogP contribution is 2.46. The molecule has 0 amide bonds. The number of hydrogen-bond donors (Lipinski definition) is 2. The maximum atomic E-state index is 5.88. The van der Waals surface area contributed by atoms with E-state index in [2.05, 4.69) is 106 Å². The van der Waals surface area contributed by atoms with E-state index in [4.69, 9.17) is 11.5 Å². The molecule has 2 atom stereocenters. The minimum absolute atomic E-state index is 0.0284. The topological polar surface area (TPSA) is 52.0 Å². The standard InChI is InChI=1S/C31H36N2S3/c1-5-31(4,36-29-20-18-27(19-21-29)34-26-16-12-25(33)13-17-26)23-8-14-28(15-9-23)35-30(2,3)22-6-10-24(32)11-7-22/h6-20,29H,5,21,32-33H2,1-4H3. The van der Waals surface area contributed by atoms with Gasteiger partial charge in [0.05, 0.1) is 0 Å². The summed E-state index contributed by atoms with van der Waals surface area (Å²) in [7, 11) is 0. The molecule has 0 aliphatic heterocycles. The number of anilines is 2. The molecule has 3 aromatic carbocycles. The second kappa shape index (κ2) is 11.5. The summed E-state index contributed by atoms with van der Waals surface area (Å²) in [5.41, 5.74) is 16.0. The van der Waals surface area contributed by atoms with Gasteiger partial charge >= 0.3 is 0 Å². The number of hydrogen-bond acceptors (Lipinski definition) is 5. The molecule has 0 radical (unpaired) electrons. The zero-order chi connectivity index (χ0) is 25.8. The van der Waals surface area contributed by atoms with Crippen molar-refractivity contribution in [3.8, 4) is 0 Å². The number of nitrogen functional groups attached to an aromatic ring is 2. The molecule has 1 aliphatic carbocycles. The van der Waals surface area contributed by atoms with E-state index in [9.17, 15) is 0 Å². The zero-order valence-electron chi connectivity index (χ0n) is 21.5. The van der Waals surface area contributed by atoms with Crippen molar-refractivity contribution < 1.29 is 0 Å². The number of thioether (sulfide) groups is 3. The molecule has 0 fully saturated rings.